The van der Waals surface area contributed by atoms with E-state index in [0.29, 0.717) is 6.54 Å². The second-order valence-electron chi connectivity index (χ2n) is 8.73. The van der Waals surface area contributed by atoms with Crippen molar-refractivity contribution in [2.45, 2.75) is 64.3 Å². The SMILES string of the molecule is CCNC(=NCc1ccc(CN2CCCCC2)cc1)N1CCOC(C2CCCO2)C1. The number of benzene rings is 1. The molecule has 0 amide bonds. The predicted octanol–water partition coefficient (Wildman–Crippen LogP) is 3.02. The zero-order valence-corrected chi connectivity index (χ0v) is 18.5. The summed E-state index contributed by atoms with van der Waals surface area (Å²) in [5, 5.41) is 3.47. The summed E-state index contributed by atoms with van der Waals surface area (Å²) in [6, 6.07) is 9.02. The summed E-state index contributed by atoms with van der Waals surface area (Å²) in [5.74, 6) is 0.987. The molecule has 6 heteroatoms. The highest BCUT2D eigenvalue weighted by molar-refractivity contribution is 5.80. The lowest BCUT2D eigenvalue weighted by atomic mass is 10.1. The monoisotopic (exact) mass is 414 g/mol. The highest BCUT2D eigenvalue weighted by Gasteiger charge is 2.32. The smallest absolute Gasteiger partial charge is 0.194 e. The molecule has 0 aliphatic carbocycles. The van der Waals surface area contributed by atoms with Gasteiger partial charge in [0.15, 0.2) is 5.96 Å². The molecule has 1 aromatic carbocycles. The second-order valence-corrected chi connectivity index (χ2v) is 8.73. The Morgan fingerprint density at radius 3 is 2.47 bits per heavy atom. The van der Waals surface area contributed by atoms with E-state index in [2.05, 4.69) is 46.3 Å². The first-order valence-corrected chi connectivity index (χ1v) is 11.9. The minimum atomic E-state index is 0.152. The number of ether oxygens (including phenoxy) is 2. The third-order valence-corrected chi connectivity index (χ3v) is 6.40. The largest absolute Gasteiger partial charge is 0.375 e. The summed E-state index contributed by atoms with van der Waals surface area (Å²) in [6.45, 7) is 10.6. The van der Waals surface area contributed by atoms with Crippen LogP contribution in [0.5, 0.6) is 0 Å². The van der Waals surface area contributed by atoms with Crippen LogP contribution in [0.2, 0.25) is 0 Å². The van der Waals surface area contributed by atoms with Gasteiger partial charge in [-0.3, -0.25) is 4.90 Å². The first-order chi connectivity index (χ1) is 14.8. The van der Waals surface area contributed by atoms with E-state index < -0.39 is 0 Å². The van der Waals surface area contributed by atoms with E-state index in [9.17, 15) is 0 Å². The highest BCUT2D eigenvalue weighted by Crippen LogP contribution is 2.21. The maximum atomic E-state index is 6.01. The van der Waals surface area contributed by atoms with Crippen molar-refractivity contribution in [2.24, 2.45) is 4.99 Å². The summed E-state index contributed by atoms with van der Waals surface area (Å²) in [5.41, 5.74) is 2.67. The van der Waals surface area contributed by atoms with Crippen LogP contribution in [-0.4, -0.2) is 73.9 Å². The third-order valence-electron chi connectivity index (χ3n) is 6.40. The molecule has 6 nitrogen and oxygen atoms in total. The van der Waals surface area contributed by atoms with Gasteiger partial charge in [0.2, 0.25) is 0 Å². The van der Waals surface area contributed by atoms with Crippen molar-refractivity contribution in [3.8, 4) is 0 Å². The number of hydrogen-bond donors (Lipinski definition) is 1. The molecule has 0 bridgehead atoms. The molecule has 30 heavy (non-hydrogen) atoms. The molecule has 0 saturated carbocycles. The van der Waals surface area contributed by atoms with Crippen LogP contribution in [0, 0.1) is 0 Å². The Labute approximate surface area is 181 Å². The number of rotatable bonds is 6. The molecule has 0 aromatic heterocycles. The van der Waals surface area contributed by atoms with Crippen LogP contribution in [0.3, 0.4) is 0 Å². The van der Waals surface area contributed by atoms with Gasteiger partial charge in [0.1, 0.15) is 6.10 Å². The van der Waals surface area contributed by atoms with E-state index >= 15 is 0 Å². The summed E-state index contributed by atoms with van der Waals surface area (Å²) >= 11 is 0. The molecule has 3 aliphatic heterocycles. The highest BCUT2D eigenvalue weighted by atomic mass is 16.5. The number of guanidine groups is 1. The second kappa shape index (κ2) is 11.1. The normalized spacial score (nSPS) is 26.2. The van der Waals surface area contributed by atoms with E-state index in [1.165, 1.54) is 43.5 Å². The molecule has 0 radical (unpaired) electrons. The molecule has 166 valence electrons. The lowest BCUT2D eigenvalue weighted by Gasteiger charge is -2.37. The number of aliphatic imine (C=N–C) groups is 1. The molecular formula is C24H38N4O2. The fraction of sp³-hybridized carbons (Fsp3) is 0.708. The summed E-state index contributed by atoms with van der Waals surface area (Å²) in [7, 11) is 0. The van der Waals surface area contributed by atoms with Crippen molar-refractivity contribution in [3.63, 3.8) is 0 Å². The Bertz CT molecular complexity index is 666. The molecule has 1 aromatic rings. The van der Waals surface area contributed by atoms with E-state index in [1.807, 2.05) is 0 Å². The van der Waals surface area contributed by atoms with Crippen molar-refractivity contribution in [3.05, 3.63) is 35.4 Å². The number of piperidine rings is 1. The number of morpholine rings is 1. The van der Waals surface area contributed by atoms with Gasteiger partial charge >= 0.3 is 0 Å². The average Bonchev–Trinajstić information content (AvgIpc) is 3.34. The van der Waals surface area contributed by atoms with Gasteiger partial charge in [-0.1, -0.05) is 30.7 Å². The molecule has 4 rings (SSSR count). The Kier molecular flexibility index (Phi) is 8.01. The molecule has 1 N–H and O–H groups in total. The Balaban J connectivity index is 1.33. The minimum absolute atomic E-state index is 0.152. The van der Waals surface area contributed by atoms with Gasteiger partial charge in [-0.2, -0.15) is 0 Å². The molecule has 3 saturated heterocycles. The third kappa shape index (κ3) is 5.96. The fourth-order valence-electron chi connectivity index (χ4n) is 4.71. The van der Waals surface area contributed by atoms with E-state index in [0.717, 1.165) is 58.2 Å². The Hall–Kier alpha value is -1.63. The maximum absolute atomic E-state index is 6.01. The van der Waals surface area contributed by atoms with Crippen molar-refractivity contribution >= 4 is 5.96 Å². The van der Waals surface area contributed by atoms with Crippen LogP contribution >= 0.6 is 0 Å². The van der Waals surface area contributed by atoms with Gasteiger partial charge in [0, 0.05) is 32.8 Å². The lowest BCUT2D eigenvalue weighted by molar-refractivity contribution is -0.0817. The molecule has 0 spiro atoms. The minimum Gasteiger partial charge on any atom is -0.375 e. The molecule has 3 heterocycles. The van der Waals surface area contributed by atoms with E-state index in [-0.39, 0.29) is 12.2 Å². The topological polar surface area (TPSA) is 49.3 Å². The lowest BCUT2D eigenvalue weighted by Crippen LogP contribution is -2.53. The number of hydrogen-bond acceptors (Lipinski definition) is 4. The Morgan fingerprint density at radius 1 is 0.967 bits per heavy atom. The predicted molar refractivity (Wildman–Crippen MR) is 121 cm³/mol. The van der Waals surface area contributed by atoms with Gasteiger partial charge in [0.25, 0.3) is 0 Å². The number of likely N-dealkylation sites (tertiary alicyclic amines) is 1. The van der Waals surface area contributed by atoms with Crippen molar-refractivity contribution < 1.29 is 9.47 Å². The maximum Gasteiger partial charge on any atom is 0.194 e. The van der Waals surface area contributed by atoms with Crippen LogP contribution < -0.4 is 5.32 Å². The molecule has 3 aliphatic rings. The quantitative estimate of drug-likeness (QED) is 0.573. The molecule has 2 unspecified atom stereocenters. The van der Waals surface area contributed by atoms with Crippen LogP contribution in [0.15, 0.2) is 29.3 Å². The molecule has 3 fully saturated rings. The zero-order valence-electron chi connectivity index (χ0n) is 18.5. The zero-order chi connectivity index (χ0) is 20.6. The first kappa shape index (κ1) is 21.6. The van der Waals surface area contributed by atoms with Gasteiger partial charge in [-0.25, -0.2) is 4.99 Å². The van der Waals surface area contributed by atoms with Crippen molar-refractivity contribution in [1.29, 1.82) is 0 Å². The summed E-state index contributed by atoms with van der Waals surface area (Å²) in [6.07, 6.45) is 6.72. The molecule has 2 atom stereocenters. The van der Waals surface area contributed by atoms with Crippen LogP contribution in [0.1, 0.15) is 50.2 Å². The van der Waals surface area contributed by atoms with Gasteiger partial charge < -0.3 is 19.7 Å². The van der Waals surface area contributed by atoms with Crippen molar-refractivity contribution in [2.75, 3.05) is 45.9 Å². The van der Waals surface area contributed by atoms with Gasteiger partial charge in [-0.05, 0) is 56.8 Å². The first-order valence-electron chi connectivity index (χ1n) is 11.9. The number of nitrogens with one attached hydrogen (secondary N) is 1. The summed E-state index contributed by atoms with van der Waals surface area (Å²) in [4.78, 5) is 9.85. The van der Waals surface area contributed by atoms with E-state index in [1.54, 1.807) is 0 Å². The number of nitrogens with zero attached hydrogens (tertiary/aromatic N) is 3. The average molecular weight is 415 g/mol. The van der Waals surface area contributed by atoms with Crippen LogP contribution in [-0.2, 0) is 22.6 Å². The van der Waals surface area contributed by atoms with Crippen LogP contribution in [0.4, 0.5) is 0 Å². The molecular weight excluding hydrogens is 376 g/mol. The van der Waals surface area contributed by atoms with Gasteiger partial charge in [-0.15, -0.1) is 0 Å². The summed E-state index contributed by atoms with van der Waals surface area (Å²) < 4.78 is 11.9. The van der Waals surface area contributed by atoms with E-state index in [4.69, 9.17) is 14.5 Å². The fourth-order valence-corrected chi connectivity index (χ4v) is 4.71. The Morgan fingerprint density at radius 2 is 1.73 bits per heavy atom. The van der Waals surface area contributed by atoms with Gasteiger partial charge in [0.05, 0.1) is 19.3 Å². The van der Waals surface area contributed by atoms with Crippen molar-refractivity contribution in [1.82, 2.24) is 15.1 Å². The van der Waals surface area contributed by atoms with Crippen LogP contribution in [0.25, 0.3) is 0 Å². The standard InChI is InChI=1S/C24H38N4O2/c1-2-25-24(28-14-16-30-23(19-28)22-7-6-15-29-22)26-17-20-8-10-21(11-9-20)18-27-12-4-3-5-13-27/h8-11,22-23H,2-7,12-19H2,1H3,(H,25,26).